The highest BCUT2D eigenvalue weighted by atomic mass is 79.9. The van der Waals surface area contributed by atoms with E-state index in [0.29, 0.717) is 0 Å². The number of hydrogen-bond donors (Lipinski definition) is 1. The second-order valence-electron chi connectivity index (χ2n) is 6.42. The van der Waals surface area contributed by atoms with E-state index in [1.807, 2.05) is 0 Å². The summed E-state index contributed by atoms with van der Waals surface area (Å²) in [6.45, 7) is 2.39. The zero-order valence-corrected chi connectivity index (χ0v) is 13.3. The van der Waals surface area contributed by atoms with Crippen molar-refractivity contribution in [3.05, 3.63) is 34.3 Å². The van der Waals surface area contributed by atoms with Crippen LogP contribution in [0.25, 0.3) is 0 Å². The third-order valence-corrected chi connectivity index (χ3v) is 5.56. The molecule has 0 amide bonds. The zero-order chi connectivity index (χ0) is 13.2. The normalized spacial score (nSPS) is 29.2. The first-order valence-corrected chi connectivity index (χ1v) is 8.53. The maximum Gasteiger partial charge on any atom is 0.0178 e. The summed E-state index contributed by atoms with van der Waals surface area (Å²) >= 11 is 3.57. The predicted octanol–water partition coefficient (Wildman–Crippen LogP) is 4.86. The highest BCUT2D eigenvalue weighted by Crippen LogP contribution is 2.38. The summed E-state index contributed by atoms with van der Waals surface area (Å²) in [5, 5.41) is 3.86. The van der Waals surface area contributed by atoms with Crippen LogP contribution in [0.3, 0.4) is 0 Å². The van der Waals surface area contributed by atoms with Crippen LogP contribution in [0.1, 0.15) is 56.9 Å². The second kappa shape index (κ2) is 5.97. The highest BCUT2D eigenvalue weighted by molar-refractivity contribution is 9.10. The van der Waals surface area contributed by atoms with Crippen LogP contribution < -0.4 is 5.32 Å². The number of nitrogens with one attached hydrogen (secondary N) is 1. The van der Waals surface area contributed by atoms with Crippen molar-refractivity contribution in [2.45, 2.75) is 63.5 Å². The number of halogens is 1. The van der Waals surface area contributed by atoms with Gasteiger partial charge >= 0.3 is 0 Å². The Morgan fingerprint density at radius 1 is 1.21 bits per heavy atom. The molecule has 0 aliphatic heterocycles. The molecule has 2 aliphatic carbocycles. The van der Waals surface area contributed by atoms with E-state index < -0.39 is 0 Å². The minimum atomic E-state index is 0.718. The van der Waals surface area contributed by atoms with Gasteiger partial charge in [0.1, 0.15) is 0 Å². The fraction of sp³-hybridized carbons (Fsp3) is 0.647. The molecule has 2 fully saturated rings. The Balaban J connectivity index is 1.47. The lowest BCUT2D eigenvalue weighted by molar-refractivity contribution is 0.239. The molecule has 0 bridgehead atoms. The van der Waals surface area contributed by atoms with Gasteiger partial charge in [0.05, 0.1) is 0 Å². The van der Waals surface area contributed by atoms with E-state index in [-0.39, 0.29) is 0 Å². The Kier molecular flexibility index (Phi) is 4.28. The van der Waals surface area contributed by atoms with Crippen molar-refractivity contribution < 1.29 is 0 Å². The van der Waals surface area contributed by atoms with Gasteiger partial charge in [0.2, 0.25) is 0 Å². The lowest BCUT2D eigenvalue weighted by Crippen LogP contribution is -2.46. The maximum atomic E-state index is 3.86. The SMILES string of the molecule is C[C@@H](NC1CC(c2cccc(Br)c2)C1)C1CCCC1. The summed E-state index contributed by atoms with van der Waals surface area (Å²) in [5.74, 6) is 1.70. The van der Waals surface area contributed by atoms with Crippen molar-refractivity contribution in [1.82, 2.24) is 5.32 Å². The molecule has 0 saturated heterocycles. The van der Waals surface area contributed by atoms with Gasteiger partial charge in [-0.3, -0.25) is 0 Å². The predicted molar refractivity (Wildman–Crippen MR) is 84.5 cm³/mol. The van der Waals surface area contributed by atoms with Gasteiger partial charge in [-0.15, -0.1) is 0 Å². The largest absolute Gasteiger partial charge is 0.311 e. The van der Waals surface area contributed by atoms with Crippen LogP contribution in [0.2, 0.25) is 0 Å². The molecule has 1 atom stereocenters. The summed E-state index contributed by atoms with van der Waals surface area (Å²) < 4.78 is 1.21. The second-order valence-corrected chi connectivity index (χ2v) is 7.34. The first-order valence-electron chi connectivity index (χ1n) is 7.74. The average Bonchev–Trinajstić information content (AvgIpc) is 2.86. The Hall–Kier alpha value is -0.340. The van der Waals surface area contributed by atoms with Crippen LogP contribution in [0.4, 0.5) is 0 Å². The minimum Gasteiger partial charge on any atom is -0.311 e. The zero-order valence-electron chi connectivity index (χ0n) is 11.7. The van der Waals surface area contributed by atoms with Crippen molar-refractivity contribution in [2.24, 2.45) is 5.92 Å². The molecular weight excluding hydrogens is 298 g/mol. The van der Waals surface area contributed by atoms with Gasteiger partial charge in [-0.2, -0.15) is 0 Å². The fourth-order valence-corrected chi connectivity index (χ4v) is 4.17. The quantitative estimate of drug-likeness (QED) is 0.834. The Morgan fingerprint density at radius 3 is 2.63 bits per heavy atom. The monoisotopic (exact) mass is 321 g/mol. The molecule has 3 rings (SSSR count). The molecule has 2 saturated carbocycles. The molecule has 1 aromatic carbocycles. The van der Waals surface area contributed by atoms with Crippen LogP contribution in [0.5, 0.6) is 0 Å². The Bertz CT molecular complexity index is 419. The van der Waals surface area contributed by atoms with Gasteiger partial charge in [-0.1, -0.05) is 40.9 Å². The Labute approximate surface area is 125 Å². The minimum absolute atomic E-state index is 0.718. The molecule has 0 heterocycles. The van der Waals surface area contributed by atoms with Crippen LogP contribution in [0, 0.1) is 5.92 Å². The van der Waals surface area contributed by atoms with Crippen molar-refractivity contribution >= 4 is 15.9 Å². The molecule has 2 aliphatic rings. The van der Waals surface area contributed by atoms with E-state index in [1.54, 1.807) is 0 Å². The lowest BCUT2D eigenvalue weighted by atomic mass is 9.75. The number of benzene rings is 1. The molecule has 0 aromatic heterocycles. The van der Waals surface area contributed by atoms with Crippen molar-refractivity contribution in [2.75, 3.05) is 0 Å². The molecule has 1 N–H and O–H groups in total. The van der Waals surface area contributed by atoms with E-state index in [0.717, 1.165) is 23.9 Å². The van der Waals surface area contributed by atoms with Gasteiger partial charge in [0.15, 0.2) is 0 Å². The summed E-state index contributed by atoms with van der Waals surface area (Å²) in [6, 6.07) is 10.3. The third-order valence-electron chi connectivity index (χ3n) is 5.06. The molecule has 0 radical (unpaired) electrons. The van der Waals surface area contributed by atoms with E-state index >= 15 is 0 Å². The molecule has 0 unspecified atom stereocenters. The van der Waals surface area contributed by atoms with Gasteiger partial charge in [0.25, 0.3) is 0 Å². The molecule has 2 heteroatoms. The topological polar surface area (TPSA) is 12.0 Å². The first-order chi connectivity index (χ1) is 9.22. The fourth-order valence-electron chi connectivity index (χ4n) is 3.75. The summed E-state index contributed by atoms with van der Waals surface area (Å²) in [7, 11) is 0. The Morgan fingerprint density at radius 2 is 1.95 bits per heavy atom. The van der Waals surface area contributed by atoms with E-state index in [2.05, 4.69) is 52.4 Å². The maximum absolute atomic E-state index is 3.86. The van der Waals surface area contributed by atoms with Crippen molar-refractivity contribution in [3.63, 3.8) is 0 Å². The highest BCUT2D eigenvalue weighted by Gasteiger charge is 2.32. The third kappa shape index (κ3) is 3.22. The first kappa shape index (κ1) is 13.6. The molecule has 0 spiro atoms. The van der Waals surface area contributed by atoms with E-state index in [4.69, 9.17) is 0 Å². The van der Waals surface area contributed by atoms with Crippen LogP contribution in [0.15, 0.2) is 28.7 Å². The molecule has 1 aromatic rings. The molecule has 19 heavy (non-hydrogen) atoms. The lowest BCUT2D eigenvalue weighted by Gasteiger charge is -2.39. The van der Waals surface area contributed by atoms with Crippen molar-refractivity contribution in [3.8, 4) is 0 Å². The van der Waals surface area contributed by atoms with Crippen LogP contribution in [-0.4, -0.2) is 12.1 Å². The van der Waals surface area contributed by atoms with Gasteiger partial charge < -0.3 is 5.32 Å². The van der Waals surface area contributed by atoms with Gasteiger partial charge in [-0.05, 0) is 62.1 Å². The summed E-state index contributed by atoms with van der Waals surface area (Å²) in [4.78, 5) is 0. The van der Waals surface area contributed by atoms with E-state index in [9.17, 15) is 0 Å². The standard InChI is InChI=1S/C17H24BrN/c1-12(13-5-2-3-6-13)19-17-10-15(11-17)14-7-4-8-16(18)9-14/h4,7-9,12-13,15,17,19H,2-3,5-6,10-11H2,1H3/t12-,15?,17?/m1/s1. The number of hydrogen-bond acceptors (Lipinski definition) is 1. The average molecular weight is 322 g/mol. The smallest absolute Gasteiger partial charge is 0.0178 e. The molecule has 1 nitrogen and oxygen atoms in total. The van der Waals surface area contributed by atoms with Crippen molar-refractivity contribution in [1.29, 1.82) is 0 Å². The molecular formula is C17H24BrN. The summed E-state index contributed by atoms with van der Waals surface area (Å²) in [5.41, 5.74) is 1.50. The van der Waals surface area contributed by atoms with E-state index in [1.165, 1.54) is 48.6 Å². The van der Waals surface area contributed by atoms with Gasteiger partial charge in [-0.25, -0.2) is 0 Å². The number of rotatable bonds is 4. The summed E-state index contributed by atoms with van der Waals surface area (Å²) in [6.07, 6.45) is 8.40. The van der Waals surface area contributed by atoms with Crippen LogP contribution >= 0.6 is 15.9 Å². The van der Waals surface area contributed by atoms with Crippen LogP contribution in [-0.2, 0) is 0 Å². The molecule has 104 valence electrons. The van der Waals surface area contributed by atoms with Gasteiger partial charge in [0, 0.05) is 16.6 Å².